The van der Waals surface area contributed by atoms with Crippen molar-refractivity contribution >= 4 is 23.4 Å². The summed E-state index contributed by atoms with van der Waals surface area (Å²) in [6, 6.07) is 1.27. The van der Waals surface area contributed by atoms with Gasteiger partial charge < -0.3 is 24.4 Å². The molecule has 166 valence electrons. The number of esters is 1. The Kier molecular flexibility index (Phi) is 7.19. The average molecular weight is 427 g/mol. The molecule has 1 unspecified atom stereocenters. The molecule has 1 atom stereocenters. The summed E-state index contributed by atoms with van der Waals surface area (Å²) in [5, 5.41) is 20.7. The molecular weight excluding hydrogens is 401 g/mol. The van der Waals surface area contributed by atoms with E-state index in [1.165, 1.54) is 4.90 Å². The molecule has 0 aromatic heterocycles. The number of ether oxygens (including phenoxy) is 2. The van der Waals surface area contributed by atoms with Gasteiger partial charge in [0.15, 0.2) is 5.82 Å². The molecule has 1 amide bonds. The number of amides is 1. The summed E-state index contributed by atoms with van der Waals surface area (Å²) in [6.07, 6.45) is -0.312. The van der Waals surface area contributed by atoms with Gasteiger partial charge in [-0.05, 0) is 33.3 Å². The first-order valence-electron chi connectivity index (χ1n) is 9.40. The molecule has 1 heterocycles. The van der Waals surface area contributed by atoms with Crippen molar-refractivity contribution in [3.8, 4) is 0 Å². The maximum absolute atomic E-state index is 14.8. The number of benzene rings is 1. The molecule has 0 saturated carbocycles. The third-order valence-electron chi connectivity index (χ3n) is 4.57. The van der Waals surface area contributed by atoms with Gasteiger partial charge >= 0.3 is 12.1 Å². The minimum absolute atomic E-state index is 0.0386. The van der Waals surface area contributed by atoms with Crippen molar-refractivity contribution in [3.05, 3.63) is 33.6 Å². The van der Waals surface area contributed by atoms with E-state index in [1.54, 1.807) is 25.7 Å². The van der Waals surface area contributed by atoms with Crippen LogP contribution in [0.25, 0.3) is 0 Å². The Balaban J connectivity index is 2.37. The Hall–Kier alpha value is -2.95. The van der Waals surface area contributed by atoms with Crippen molar-refractivity contribution in [2.24, 2.45) is 0 Å². The number of nitro groups is 1. The maximum Gasteiger partial charge on any atom is 0.410 e. The number of hydrogen-bond donors (Lipinski definition) is 1. The summed E-state index contributed by atoms with van der Waals surface area (Å²) < 4.78 is 24.7. The van der Waals surface area contributed by atoms with Gasteiger partial charge in [-0.2, -0.15) is 0 Å². The summed E-state index contributed by atoms with van der Waals surface area (Å²) in [4.78, 5) is 37.8. The zero-order valence-electron chi connectivity index (χ0n) is 17.4. The van der Waals surface area contributed by atoms with Crippen LogP contribution in [-0.2, 0) is 9.47 Å². The monoisotopic (exact) mass is 427 g/mol. The number of carbonyl (C=O) groups is 2. The fourth-order valence-electron chi connectivity index (χ4n) is 3.26. The molecule has 1 aromatic rings. The fraction of sp³-hybridized carbons (Fsp3) is 0.579. The summed E-state index contributed by atoms with van der Waals surface area (Å²) in [5.74, 6) is -1.85. The lowest BCUT2D eigenvalue weighted by Gasteiger charge is -2.43. The number of halogens is 1. The van der Waals surface area contributed by atoms with Gasteiger partial charge in [-0.15, -0.1) is 0 Å². The van der Waals surface area contributed by atoms with Crippen LogP contribution in [-0.4, -0.2) is 72.0 Å². The molecule has 0 bridgehead atoms. The van der Waals surface area contributed by atoms with Gasteiger partial charge in [0.05, 0.1) is 23.8 Å². The van der Waals surface area contributed by atoms with E-state index in [4.69, 9.17) is 4.74 Å². The van der Waals surface area contributed by atoms with E-state index in [0.29, 0.717) is 6.07 Å². The number of piperazine rings is 1. The SMILES string of the molecule is COC(=O)c1cc(N2CCN(C(=O)OC(C)(C)C)CC2CCO)c(F)cc1[N+](=O)[O-]. The van der Waals surface area contributed by atoms with Crippen LogP contribution in [0.5, 0.6) is 0 Å². The predicted octanol–water partition coefficient (Wildman–Crippen LogP) is 2.33. The van der Waals surface area contributed by atoms with Gasteiger partial charge in [0, 0.05) is 32.3 Å². The molecule has 30 heavy (non-hydrogen) atoms. The first-order chi connectivity index (χ1) is 14.0. The average Bonchev–Trinajstić information content (AvgIpc) is 2.66. The number of nitrogens with zero attached hydrogens (tertiary/aromatic N) is 3. The number of aliphatic hydroxyl groups is 1. The summed E-state index contributed by atoms with van der Waals surface area (Å²) in [6.45, 7) is 5.55. The molecule has 11 heteroatoms. The highest BCUT2D eigenvalue weighted by Gasteiger charge is 2.34. The van der Waals surface area contributed by atoms with E-state index < -0.39 is 40.1 Å². The van der Waals surface area contributed by atoms with Crippen LogP contribution in [0.15, 0.2) is 12.1 Å². The Bertz CT molecular complexity index is 825. The number of rotatable bonds is 5. The largest absolute Gasteiger partial charge is 0.465 e. The highest BCUT2D eigenvalue weighted by molar-refractivity contribution is 5.95. The van der Waals surface area contributed by atoms with E-state index in [9.17, 15) is 29.2 Å². The Morgan fingerprint density at radius 2 is 2.00 bits per heavy atom. The number of nitro benzene ring substituents is 1. The number of aliphatic hydroxyl groups excluding tert-OH is 1. The number of carbonyl (C=O) groups excluding carboxylic acids is 2. The highest BCUT2D eigenvalue weighted by Crippen LogP contribution is 2.32. The van der Waals surface area contributed by atoms with Crippen LogP contribution in [0.3, 0.4) is 0 Å². The lowest BCUT2D eigenvalue weighted by Crippen LogP contribution is -2.56. The van der Waals surface area contributed by atoms with Crippen LogP contribution < -0.4 is 4.90 Å². The van der Waals surface area contributed by atoms with E-state index >= 15 is 0 Å². The first-order valence-corrected chi connectivity index (χ1v) is 9.40. The second-order valence-corrected chi connectivity index (χ2v) is 7.86. The van der Waals surface area contributed by atoms with Crippen molar-refractivity contribution in [2.45, 2.75) is 38.8 Å². The van der Waals surface area contributed by atoms with Gasteiger partial charge in [-0.3, -0.25) is 10.1 Å². The predicted molar refractivity (Wildman–Crippen MR) is 105 cm³/mol. The van der Waals surface area contributed by atoms with E-state index in [-0.39, 0.29) is 43.9 Å². The Morgan fingerprint density at radius 3 is 2.53 bits per heavy atom. The van der Waals surface area contributed by atoms with Gasteiger partial charge in [0.2, 0.25) is 0 Å². The van der Waals surface area contributed by atoms with Crippen molar-refractivity contribution < 1.29 is 33.5 Å². The standard InChI is InChI=1S/C19H26FN3O7/c1-19(2,3)30-18(26)21-6-7-22(12(11-21)5-8-24)16-9-13(17(25)29-4)15(23(27)28)10-14(16)20/h9-10,12,24H,5-8,11H2,1-4H3. The van der Waals surface area contributed by atoms with Crippen molar-refractivity contribution in [3.63, 3.8) is 0 Å². The molecule has 0 aliphatic carbocycles. The van der Waals surface area contributed by atoms with E-state index in [0.717, 1.165) is 13.2 Å². The van der Waals surface area contributed by atoms with Crippen molar-refractivity contribution in [1.82, 2.24) is 4.90 Å². The van der Waals surface area contributed by atoms with Gasteiger partial charge in [0.1, 0.15) is 11.2 Å². The molecule has 1 N–H and O–H groups in total. The molecule has 1 saturated heterocycles. The molecule has 10 nitrogen and oxygen atoms in total. The quantitative estimate of drug-likeness (QED) is 0.432. The summed E-state index contributed by atoms with van der Waals surface area (Å²) in [7, 11) is 1.07. The fourth-order valence-corrected chi connectivity index (χ4v) is 3.26. The second kappa shape index (κ2) is 9.24. The third kappa shape index (κ3) is 5.35. The molecule has 1 aliphatic heterocycles. The molecule has 0 radical (unpaired) electrons. The minimum Gasteiger partial charge on any atom is -0.465 e. The topological polar surface area (TPSA) is 122 Å². The van der Waals surface area contributed by atoms with Crippen LogP contribution >= 0.6 is 0 Å². The van der Waals surface area contributed by atoms with Crippen molar-refractivity contribution in [1.29, 1.82) is 0 Å². The first kappa shape index (κ1) is 23.3. The number of methoxy groups -OCH3 is 1. The van der Waals surface area contributed by atoms with Crippen LogP contribution in [0, 0.1) is 15.9 Å². The van der Waals surface area contributed by atoms with Crippen molar-refractivity contribution in [2.75, 3.05) is 38.3 Å². The van der Waals surface area contributed by atoms with Crippen LogP contribution in [0.2, 0.25) is 0 Å². The summed E-state index contributed by atoms with van der Waals surface area (Å²) in [5.41, 5.74) is -1.80. The van der Waals surface area contributed by atoms with Gasteiger partial charge in [-0.25, -0.2) is 14.0 Å². The zero-order chi connectivity index (χ0) is 22.6. The second-order valence-electron chi connectivity index (χ2n) is 7.86. The molecule has 0 spiro atoms. The smallest absolute Gasteiger partial charge is 0.410 e. The van der Waals surface area contributed by atoms with Crippen LogP contribution in [0.4, 0.5) is 20.6 Å². The molecule has 2 rings (SSSR count). The molecule has 1 aromatic carbocycles. The highest BCUT2D eigenvalue weighted by atomic mass is 19.1. The Morgan fingerprint density at radius 1 is 1.33 bits per heavy atom. The zero-order valence-corrected chi connectivity index (χ0v) is 17.4. The molecule has 1 fully saturated rings. The lowest BCUT2D eigenvalue weighted by atomic mass is 10.0. The molecule has 1 aliphatic rings. The Labute approximate surface area is 173 Å². The minimum atomic E-state index is -0.964. The lowest BCUT2D eigenvalue weighted by molar-refractivity contribution is -0.385. The third-order valence-corrected chi connectivity index (χ3v) is 4.57. The number of hydrogen-bond acceptors (Lipinski definition) is 8. The van der Waals surface area contributed by atoms with Gasteiger partial charge in [-0.1, -0.05) is 0 Å². The van der Waals surface area contributed by atoms with E-state index in [1.807, 2.05) is 0 Å². The van der Waals surface area contributed by atoms with Gasteiger partial charge in [0.25, 0.3) is 5.69 Å². The normalized spacial score (nSPS) is 16.9. The maximum atomic E-state index is 14.8. The van der Waals surface area contributed by atoms with E-state index in [2.05, 4.69) is 4.74 Å². The number of anilines is 1. The summed E-state index contributed by atoms with van der Waals surface area (Å²) >= 11 is 0. The molecular formula is C19H26FN3O7. The van der Waals surface area contributed by atoms with Crippen LogP contribution in [0.1, 0.15) is 37.6 Å².